The highest BCUT2D eigenvalue weighted by molar-refractivity contribution is 6.12. The number of fused-ring (bicyclic) bond motifs is 16. The number of furan rings is 1. The van der Waals surface area contributed by atoms with E-state index in [2.05, 4.69) is 49.9 Å². The van der Waals surface area contributed by atoms with Crippen LogP contribution in [-0.4, -0.2) is 18.7 Å². The highest BCUT2D eigenvalue weighted by Gasteiger charge is 2.30. The summed E-state index contributed by atoms with van der Waals surface area (Å²) in [5.74, 6) is 1.67. The third-order valence-electron chi connectivity index (χ3n) is 17.9. The van der Waals surface area contributed by atoms with Crippen LogP contribution in [0.4, 0.5) is 0 Å². The van der Waals surface area contributed by atoms with Crippen molar-refractivity contribution in [2.45, 2.75) is 39.9 Å². The summed E-state index contributed by atoms with van der Waals surface area (Å²) in [4.78, 5) is 4.92. The molecule has 17 aromatic rings. The zero-order valence-electron chi connectivity index (χ0n) is 63.3. The molecule has 0 amide bonds. The van der Waals surface area contributed by atoms with Gasteiger partial charge >= 0.3 is 0 Å². The average molecular weight is 1180 g/mol. The lowest BCUT2D eigenvalue weighted by atomic mass is 9.86. The van der Waals surface area contributed by atoms with Crippen molar-refractivity contribution >= 4 is 76.6 Å². The third-order valence-corrected chi connectivity index (χ3v) is 17.9. The molecule has 0 saturated carbocycles. The molecule has 432 valence electrons. The molecule has 18 rings (SSSR count). The van der Waals surface area contributed by atoms with Crippen molar-refractivity contribution in [3.8, 4) is 90.0 Å². The molecule has 1 aliphatic heterocycles. The van der Waals surface area contributed by atoms with Gasteiger partial charge in [-0.05, 0) is 189 Å². The summed E-state index contributed by atoms with van der Waals surface area (Å²) >= 11 is 0. The molecule has 0 atom stereocenters. The monoisotopic (exact) mass is 1180 g/mol. The van der Waals surface area contributed by atoms with Gasteiger partial charge in [0.1, 0.15) is 28.5 Å². The van der Waals surface area contributed by atoms with Crippen molar-refractivity contribution in [3.63, 3.8) is 0 Å². The Balaban J connectivity index is 1.00. The number of nitrogens with zero attached hydrogens (tertiary/aromatic N) is 5. The Bertz CT molecular complexity index is 6560. The second-order valence-electron chi connectivity index (χ2n) is 24.2. The molecule has 7 heteroatoms. The highest BCUT2D eigenvalue weighted by atomic mass is 16.5. The van der Waals surface area contributed by atoms with Gasteiger partial charge < -0.3 is 13.7 Å². The molecule has 0 N–H and O–H groups in total. The van der Waals surface area contributed by atoms with Gasteiger partial charge in [0.2, 0.25) is 0 Å². The number of hydrogen-bond donors (Lipinski definition) is 0. The van der Waals surface area contributed by atoms with Gasteiger partial charge in [0.15, 0.2) is 0 Å². The Morgan fingerprint density at radius 1 is 0.473 bits per heavy atom. The van der Waals surface area contributed by atoms with E-state index in [1.807, 2.05) is 179 Å². The van der Waals surface area contributed by atoms with Gasteiger partial charge in [0.25, 0.3) is 6.33 Å². The molecule has 0 bridgehead atoms. The first kappa shape index (κ1) is 40.1. The summed E-state index contributed by atoms with van der Waals surface area (Å²) in [5.41, 5.74) is 6.82. The minimum Gasteiger partial charge on any atom is -0.458 e. The van der Waals surface area contributed by atoms with Crippen LogP contribution in [0.2, 0.25) is 0 Å². The fourth-order valence-electron chi connectivity index (χ4n) is 13.7. The summed E-state index contributed by atoms with van der Waals surface area (Å²) in [6, 6.07) is 60.7. The number of imidazole rings is 1. The maximum Gasteiger partial charge on any atom is 0.269 e. The van der Waals surface area contributed by atoms with Crippen LogP contribution in [-0.2, 0) is 5.41 Å². The van der Waals surface area contributed by atoms with Crippen molar-refractivity contribution in [1.29, 1.82) is 0 Å². The van der Waals surface area contributed by atoms with Crippen LogP contribution in [0.1, 0.15) is 56.7 Å². The molecule has 5 aromatic heterocycles. The highest BCUT2D eigenvalue weighted by Crippen LogP contribution is 2.49. The fraction of sp³-hybridized carbons (Fsp3) is 0.0714. The Morgan fingerprint density at radius 3 is 1.78 bits per heavy atom. The minimum atomic E-state index is -2.92. The molecule has 0 aliphatic carbocycles. The summed E-state index contributed by atoms with van der Waals surface area (Å²) in [5, 5.41) is 5.27. The maximum atomic E-state index is 10.4. The Kier molecular flexibility index (Phi) is 8.81. The van der Waals surface area contributed by atoms with E-state index in [0.717, 1.165) is 54.7 Å². The van der Waals surface area contributed by atoms with Crippen LogP contribution < -0.4 is 9.30 Å². The summed E-state index contributed by atoms with van der Waals surface area (Å²) in [6.07, 6.45) is 5.62. The standard InChI is InChI=1S/C84H59N5O2/c1-51-20-18-21-52(2)81(51)55-44-71-63-27-9-7-25-61(63)60-24-6-8-26-62(60)70-43-54(53-36-39-79-69(42-53)68-31-13-17-35-78(68)91-79)45-76-82(70)87(83(71)77(46-55)88-72-32-14-10-28-64(72)65-29-11-15-33-73(65)88)50-86(76)57-22-19-23-58(48-57)90-59-37-38-67-66-30-12-16-34-74(66)89(75(67)49-59)80-47-56(40-41-85-80)84(3,4)5/h6-49H,1-5H3/i1D3,2D3,6D,7D,8D,9D,24D,25D,26D,27D. The van der Waals surface area contributed by atoms with E-state index < -0.39 is 62.0 Å². The average Bonchev–Trinajstić information content (AvgIpc) is 1.57. The molecule has 12 aromatic carbocycles. The normalized spacial score (nSPS) is 14.7. The molecular formula is C84H59N5O2. The number of hydrogen-bond acceptors (Lipinski definition) is 3. The predicted molar refractivity (Wildman–Crippen MR) is 373 cm³/mol. The molecule has 0 radical (unpaired) electrons. The molecule has 0 fully saturated rings. The Hall–Kier alpha value is -11.5. The number of benzene rings is 12. The lowest BCUT2D eigenvalue weighted by Crippen LogP contribution is -2.33. The van der Waals surface area contributed by atoms with Crippen molar-refractivity contribution in [1.82, 2.24) is 18.7 Å². The smallest absolute Gasteiger partial charge is 0.269 e. The van der Waals surface area contributed by atoms with Crippen LogP contribution in [0, 0.1) is 20.0 Å². The largest absolute Gasteiger partial charge is 0.458 e. The second kappa shape index (κ2) is 20.0. The van der Waals surface area contributed by atoms with Gasteiger partial charge in [-0.2, -0.15) is 0 Å². The van der Waals surface area contributed by atoms with Gasteiger partial charge in [-0.15, -0.1) is 0 Å². The lowest BCUT2D eigenvalue weighted by molar-refractivity contribution is -0.571. The van der Waals surface area contributed by atoms with Gasteiger partial charge in [-0.1, -0.05) is 178 Å². The van der Waals surface area contributed by atoms with Gasteiger partial charge in [0, 0.05) is 52.8 Å². The SMILES string of the molecule is [2H]c1c([2H])c([2H])c2c(c1[2H])-c1cc(-c3c(C([2H])([2H])[2H])cccc3C([2H])([2H])[2H])cc(-n3c4ccccc4c4ccccc43)c1-[n+]1[c-]n(-c3cccc(Oc4ccc5c6ccccc6n(-c6cc(C(C)(C)C)ccn6)c5c4)c3)c3cc(-c4ccc5oc6ccccc6c5c4)cc(c31)-c1c([2H])c([2H])c([2H])c([2H])c1-2. The van der Waals surface area contributed by atoms with E-state index in [1.165, 1.54) is 18.2 Å². The van der Waals surface area contributed by atoms with E-state index >= 15 is 0 Å². The van der Waals surface area contributed by atoms with Crippen LogP contribution in [0.5, 0.6) is 11.5 Å². The first-order valence-corrected chi connectivity index (χ1v) is 30.1. The summed E-state index contributed by atoms with van der Waals surface area (Å²) in [6.45, 7) is 0.666. The van der Waals surface area contributed by atoms with Gasteiger partial charge in [-0.25, -0.2) is 4.98 Å². The van der Waals surface area contributed by atoms with Crippen molar-refractivity contribution in [2.75, 3.05) is 0 Å². The molecule has 1 aliphatic rings. The minimum absolute atomic E-state index is 0.00120. The van der Waals surface area contributed by atoms with Crippen LogP contribution in [0.3, 0.4) is 0 Å². The van der Waals surface area contributed by atoms with E-state index in [1.54, 1.807) is 16.7 Å². The molecule has 91 heavy (non-hydrogen) atoms. The molecule has 0 spiro atoms. The molecule has 0 saturated heterocycles. The van der Waals surface area contributed by atoms with Gasteiger partial charge in [0.05, 0.1) is 61.1 Å². The maximum absolute atomic E-state index is 10.4. The first-order valence-electron chi connectivity index (χ1n) is 37.1. The second-order valence-corrected chi connectivity index (χ2v) is 24.2. The Morgan fingerprint density at radius 2 is 1.08 bits per heavy atom. The number of aryl methyl sites for hydroxylation is 2. The number of para-hydroxylation sites is 4. The fourth-order valence-corrected chi connectivity index (χ4v) is 13.7. The topological polar surface area (TPSA) is 53.9 Å². The van der Waals surface area contributed by atoms with Crippen molar-refractivity contribution in [3.05, 3.63) is 290 Å². The van der Waals surface area contributed by atoms with E-state index in [4.69, 9.17) is 22.4 Å². The van der Waals surface area contributed by atoms with Crippen LogP contribution in [0.15, 0.2) is 271 Å². The quantitative estimate of drug-likeness (QED) is 0.118. The molecule has 6 heterocycles. The van der Waals surface area contributed by atoms with E-state index in [9.17, 15) is 11.0 Å². The molecule has 0 unspecified atom stereocenters. The van der Waals surface area contributed by atoms with Crippen molar-refractivity contribution in [2.24, 2.45) is 0 Å². The number of ether oxygens (including phenoxy) is 1. The Labute approximate surface area is 545 Å². The van der Waals surface area contributed by atoms with E-state index in [0.29, 0.717) is 61.5 Å². The molecular weight excluding hydrogens is 1110 g/mol. The van der Waals surface area contributed by atoms with Crippen molar-refractivity contribution < 1.29 is 32.9 Å². The van der Waals surface area contributed by atoms with Gasteiger partial charge in [-0.3, -0.25) is 13.7 Å². The summed E-state index contributed by atoms with van der Waals surface area (Å²) in [7, 11) is 0. The van der Waals surface area contributed by atoms with Crippen LogP contribution in [0.25, 0.3) is 155 Å². The number of pyridine rings is 1. The number of aromatic nitrogens is 5. The lowest BCUT2D eigenvalue weighted by Gasteiger charge is -2.23. The van der Waals surface area contributed by atoms with Crippen LogP contribution >= 0.6 is 0 Å². The first-order chi connectivity index (χ1) is 50.3. The summed E-state index contributed by atoms with van der Waals surface area (Å²) < 4.78 is 155. The zero-order chi connectivity index (χ0) is 72.8. The number of rotatable bonds is 7. The third kappa shape index (κ3) is 8.20. The zero-order valence-corrected chi connectivity index (χ0v) is 49.3. The predicted octanol–water partition coefficient (Wildman–Crippen LogP) is 21.6. The van der Waals surface area contributed by atoms with E-state index in [-0.39, 0.29) is 72.4 Å². The molecule has 7 nitrogen and oxygen atoms in total.